The van der Waals surface area contributed by atoms with Crippen molar-refractivity contribution in [3.63, 3.8) is 0 Å². The number of nitrogens with zero attached hydrogens (tertiary/aromatic N) is 2. The van der Waals surface area contributed by atoms with E-state index in [9.17, 15) is 27.9 Å². The summed E-state index contributed by atoms with van der Waals surface area (Å²) in [6.45, 7) is 2.26. The highest BCUT2D eigenvalue weighted by Crippen LogP contribution is 2.36. The van der Waals surface area contributed by atoms with E-state index in [0.29, 0.717) is 58.7 Å². The van der Waals surface area contributed by atoms with E-state index in [-0.39, 0.29) is 22.9 Å². The number of aryl methyl sites for hydroxylation is 2. The van der Waals surface area contributed by atoms with Gasteiger partial charge in [0, 0.05) is 48.2 Å². The van der Waals surface area contributed by atoms with E-state index < -0.39 is 23.6 Å². The Morgan fingerprint density at radius 1 is 1.11 bits per heavy atom. The Morgan fingerprint density at radius 3 is 2.37 bits per heavy atom. The zero-order valence-electron chi connectivity index (χ0n) is 19.0. The number of aromatic nitrogens is 1. The molecule has 2 heterocycles. The molecule has 0 radical (unpaired) electrons. The first-order chi connectivity index (χ1) is 16.4. The maximum Gasteiger partial charge on any atom is 0.416 e. The van der Waals surface area contributed by atoms with Gasteiger partial charge in [0.25, 0.3) is 5.91 Å². The molecular weight excluding hydrogens is 504 g/mol. The quantitative estimate of drug-likeness (QED) is 0.431. The van der Waals surface area contributed by atoms with Crippen LogP contribution in [-0.2, 0) is 24.4 Å². The normalized spacial score (nSPS) is 15.1. The lowest BCUT2D eigenvalue weighted by Gasteiger charge is -2.30. The van der Waals surface area contributed by atoms with Crippen molar-refractivity contribution in [1.82, 2.24) is 9.47 Å². The van der Waals surface area contributed by atoms with Gasteiger partial charge in [0.2, 0.25) is 0 Å². The maximum atomic E-state index is 13.3. The number of aliphatic carboxylic acids is 1. The van der Waals surface area contributed by atoms with E-state index in [0.717, 1.165) is 12.1 Å². The van der Waals surface area contributed by atoms with Crippen LogP contribution in [0.1, 0.15) is 45.6 Å². The van der Waals surface area contributed by atoms with Gasteiger partial charge in [0.15, 0.2) is 0 Å². The Labute approximate surface area is 210 Å². The lowest BCUT2D eigenvalue weighted by molar-refractivity contribution is -0.143. The molecule has 0 atom stereocenters. The molecule has 3 aromatic rings. The number of fused-ring (bicyclic) bond motifs is 1. The molecule has 10 heteroatoms. The Hall–Kier alpha value is -2.71. The fourth-order valence-electron chi connectivity index (χ4n) is 4.60. The molecule has 2 aromatic carbocycles. The Morgan fingerprint density at radius 2 is 1.77 bits per heavy atom. The monoisotopic (exact) mass is 526 g/mol. The molecule has 35 heavy (non-hydrogen) atoms. The summed E-state index contributed by atoms with van der Waals surface area (Å²) >= 11 is 13.1. The first kappa shape index (κ1) is 25.4. The summed E-state index contributed by atoms with van der Waals surface area (Å²) in [6, 6.07) is 7.17. The van der Waals surface area contributed by atoms with Gasteiger partial charge in [-0.1, -0.05) is 23.2 Å². The third kappa shape index (κ3) is 4.86. The number of hydrogen-bond acceptors (Lipinski definition) is 2. The number of carbonyl (C=O) groups excluding carboxylic acids is 1. The number of benzene rings is 2. The van der Waals surface area contributed by atoms with Crippen molar-refractivity contribution >= 4 is 46.0 Å². The van der Waals surface area contributed by atoms with Crippen LogP contribution >= 0.6 is 23.2 Å². The van der Waals surface area contributed by atoms with Crippen LogP contribution < -0.4 is 0 Å². The van der Waals surface area contributed by atoms with Gasteiger partial charge in [-0.15, -0.1) is 0 Å². The molecule has 0 saturated carbocycles. The smallest absolute Gasteiger partial charge is 0.416 e. The Bertz CT molecular complexity index is 1330. The van der Waals surface area contributed by atoms with Gasteiger partial charge in [0.1, 0.15) is 0 Å². The van der Waals surface area contributed by atoms with E-state index in [1.807, 2.05) is 6.07 Å². The molecule has 1 aliphatic heterocycles. The molecular formula is C25H23Cl2F3N2O3. The Balaban J connectivity index is 1.66. The molecule has 1 amide bonds. The van der Waals surface area contributed by atoms with Gasteiger partial charge in [-0.05, 0) is 61.2 Å². The summed E-state index contributed by atoms with van der Waals surface area (Å²) in [5.41, 5.74) is 1.67. The van der Waals surface area contributed by atoms with Crippen LogP contribution in [-0.4, -0.2) is 39.5 Å². The molecule has 0 bridgehead atoms. The summed E-state index contributed by atoms with van der Waals surface area (Å²) in [5.74, 6) is -1.64. The van der Waals surface area contributed by atoms with E-state index in [2.05, 4.69) is 0 Å². The standard InChI is InChI=1S/C25H23Cl2F3N2O3/c1-13-9-15(25(28,29)30)10-21-18(13)11-16(31(21)2)12-19-20(26)4-3-17(22(19)27)23(33)32-7-5-14(6-8-32)24(34)35/h3-4,9-11,14H,5-8,12H2,1-2H3,(H,34,35). The predicted molar refractivity (Wildman–Crippen MR) is 128 cm³/mol. The number of likely N-dealkylation sites (tertiary alicyclic amines) is 1. The molecule has 0 aliphatic carbocycles. The number of amides is 1. The average molecular weight is 527 g/mol. The van der Waals surface area contributed by atoms with Crippen LogP contribution in [0.15, 0.2) is 30.3 Å². The van der Waals surface area contributed by atoms with Crippen LogP contribution in [0.25, 0.3) is 10.9 Å². The second-order valence-electron chi connectivity index (χ2n) is 8.89. The molecule has 1 N–H and O–H groups in total. The van der Waals surface area contributed by atoms with Crippen molar-refractivity contribution in [2.75, 3.05) is 13.1 Å². The van der Waals surface area contributed by atoms with Gasteiger partial charge in [-0.3, -0.25) is 9.59 Å². The average Bonchev–Trinajstić information content (AvgIpc) is 3.11. The number of halogens is 5. The lowest BCUT2D eigenvalue weighted by atomic mass is 9.96. The summed E-state index contributed by atoms with van der Waals surface area (Å²) < 4.78 is 41.6. The minimum absolute atomic E-state index is 0.181. The molecule has 1 saturated heterocycles. The van der Waals surface area contributed by atoms with Gasteiger partial charge in [-0.25, -0.2) is 0 Å². The highest BCUT2D eigenvalue weighted by atomic mass is 35.5. The van der Waals surface area contributed by atoms with Crippen molar-refractivity contribution in [3.05, 3.63) is 68.3 Å². The fraction of sp³-hybridized carbons (Fsp3) is 0.360. The Kier molecular flexibility index (Phi) is 6.81. The van der Waals surface area contributed by atoms with Gasteiger partial charge >= 0.3 is 12.1 Å². The highest BCUT2D eigenvalue weighted by Gasteiger charge is 2.32. The van der Waals surface area contributed by atoms with Crippen LogP contribution in [0, 0.1) is 12.8 Å². The molecule has 1 fully saturated rings. The summed E-state index contributed by atoms with van der Waals surface area (Å²) in [6.07, 6.45) is -3.50. The minimum atomic E-state index is -4.45. The summed E-state index contributed by atoms with van der Waals surface area (Å²) in [5, 5.41) is 10.4. The zero-order chi connectivity index (χ0) is 25.7. The minimum Gasteiger partial charge on any atom is -0.481 e. The zero-order valence-corrected chi connectivity index (χ0v) is 20.6. The first-order valence-corrected chi connectivity index (χ1v) is 11.8. The molecule has 0 unspecified atom stereocenters. The molecule has 5 nitrogen and oxygen atoms in total. The number of hydrogen-bond donors (Lipinski definition) is 1. The largest absolute Gasteiger partial charge is 0.481 e. The highest BCUT2D eigenvalue weighted by molar-refractivity contribution is 6.38. The third-order valence-electron chi connectivity index (χ3n) is 6.70. The lowest BCUT2D eigenvalue weighted by Crippen LogP contribution is -2.40. The third-order valence-corrected chi connectivity index (χ3v) is 7.49. The van der Waals surface area contributed by atoms with Crippen LogP contribution in [0.5, 0.6) is 0 Å². The van der Waals surface area contributed by atoms with E-state index in [4.69, 9.17) is 23.2 Å². The SMILES string of the molecule is Cc1cc(C(F)(F)F)cc2c1cc(Cc1c(Cl)ccc(C(=O)N3CCC(C(=O)O)CC3)c1Cl)n2C. The van der Waals surface area contributed by atoms with Crippen molar-refractivity contribution < 1.29 is 27.9 Å². The van der Waals surface area contributed by atoms with Crippen molar-refractivity contribution in [3.8, 4) is 0 Å². The molecule has 4 rings (SSSR count). The first-order valence-electron chi connectivity index (χ1n) is 11.0. The topological polar surface area (TPSA) is 62.5 Å². The van der Waals surface area contributed by atoms with Crippen molar-refractivity contribution in [2.45, 2.75) is 32.4 Å². The van der Waals surface area contributed by atoms with Crippen LogP contribution in [0.2, 0.25) is 10.0 Å². The van der Waals surface area contributed by atoms with E-state index in [1.165, 1.54) is 0 Å². The number of alkyl halides is 3. The van der Waals surface area contributed by atoms with E-state index in [1.54, 1.807) is 35.6 Å². The van der Waals surface area contributed by atoms with Gasteiger partial charge in [-0.2, -0.15) is 13.2 Å². The van der Waals surface area contributed by atoms with Crippen LogP contribution in [0.4, 0.5) is 13.2 Å². The fourth-order valence-corrected chi connectivity index (χ4v) is 5.19. The number of piperidine rings is 1. The predicted octanol–water partition coefficient (Wildman–Crippen LogP) is 6.34. The van der Waals surface area contributed by atoms with Gasteiger partial charge < -0.3 is 14.6 Å². The summed E-state index contributed by atoms with van der Waals surface area (Å²) in [7, 11) is 1.68. The summed E-state index contributed by atoms with van der Waals surface area (Å²) in [4.78, 5) is 25.9. The number of rotatable bonds is 4. The maximum absolute atomic E-state index is 13.3. The second-order valence-corrected chi connectivity index (χ2v) is 9.67. The van der Waals surface area contributed by atoms with E-state index >= 15 is 0 Å². The van der Waals surface area contributed by atoms with Crippen molar-refractivity contribution in [1.29, 1.82) is 0 Å². The number of carboxylic acid groups (broad SMARTS) is 1. The number of carbonyl (C=O) groups is 2. The number of carboxylic acids is 1. The van der Waals surface area contributed by atoms with Crippen LogP contribution in [0.3, 0.4) is 0 Å². The molecule has 186 valence electrons. The second kappa shape index (κ2) is 9.39. The molecule has 1 aliphatic rings. The molecule has 0 spiro atoms. The van der Waals surface area contributed by atoms with Crippen molar-refractivity contribution in [2.24, 2.45) is 13.0 Å². The molecule has 1 aromatic heterocycles. The van der Waals surface area contributed by atoms with Gasteiger partial charge in [0.05, 0.1) is 22.1 Å².